The van der Waals surface area contributed by atoms with E-state index >= 15 is 0 Å². The topological polar surface area (TPSA) is 197 Å². The average Bonchev–Trinajstić information content (AvgIpc) is 3.52. The number of rotatable bonds is 20. The van der Waals surface area contributed by atoms with E-state index in [9.17, 15) is 34.2 Å². The second-order valence-corrected chi connectivity index (χ2v) is 12.0. The summed E-state index contributed by atoms with van der Waals surface area (Å²) in [4.78, 5) is 63.0. The Morgan fingerprint density at radius 3 is 2.55 bits per heavy atom. The molecule has 1 heterocycles. The van der Waals surface area contributed by atoms with Gasteiger partial charge in [0.15, 0.2) is 11.5 Å². The van der Waals surface area contributed by atoms with Crippen LogP contribution in [-0.4, -0.2) is 100.0 Å². The van der Waals surface area contributed by atoms with Crippen molar-refractivity contribution < 1.29 is 44.0 Å². The van der Waals surface area contributed by atoms with E-state index in [4.69, 9.17) is 15.6 Å². The lowest BCUT2D eigenvalue weighted by molar-refractivity contribution is -0.149. The molecule has 1 aliphatic heterocycles. The first-order chi connectivity index (χ1) is 21.1. The zero-order valence-corrected chi connectivity index (χ0v) is 26.9. The van der Waals surface area contributed by atoms with Crippen molar-refractivity contribution in [3.63, 3.8) is 0 Å². The number of hydrogen-bond donors (Lipinski definition) is 5. The number of ether oxygens (including phenoxy) is 1. The number of Topliss-reactive ketones (excluding diaryl/α,β-unsaturated/α-hetero) is 1. The monoisotopic (exact) mass is 639 g/mol. The Morgan fingerprint density at radius 1 is 1.18 bits per heavy atom. The first-order valence-electron chi connectivity index (χ1n) is 15.1. The first kappa shape index (κ1) is 38.9. The Kier molecular flexibility index (Phi) is 19.0. The Bertz CT molecular complexity index is 1070. The molecule has 6 N–H and O–H groups in total. The number of carboxylic acid groups (broad SMARTS) is 1. The molecule has 4 unspecified atom stereocenters. The van der Waals surface area contributed by atoms with Crippen LogP contribution >= 0.6 is 11.8 Å². The second-order valence-electron chi connectivity index (χ2n) is 10.7. The molecule has 12 nitrogen and oxygen atoms in total. The van der Waals surface area contributed by atoms with E-state index in [0.29, 0.717) is 50.7 Å². The molecule has 1 fully saturated rings. The van der Waals surface area contributed by atoms with Crippen molar-refractivity contribution in [3.8, 4) is 11.5 Å². The minimum atomic E-state index is -1.08. The van der Waals surface area contributed by atoms with E-state index in [1.807, 2.05) is 0 Å². The number of unbranched alkanes of at least 4 members (excludes halogenated alkanes) is 2. The highest BCUT2D eigenvalue weighted by molar-refractivity contribution is 8.00. The smallest absolute Gasteiger partial charge is 0.326 e. The van der Waals surface area contributed by atoms with E-state index < -0.39 is 35.9 Å². The summed E-state index contributed by atoms with van der Waals surface area (Å²) in [7, 11) is 2.47. The predicted molar refractivity (Wildman–Crippen MR) is 169 cm³/mol. The van der Waals surface area contributed by atoms with Crippen LogP contribution in [0.3, 0.4) is 0 Å². The third-order valence-electron chi connectivity index (χ3n) is 7.35. The number of aryl methyl sites for hydroxylation is 1. The number of amides is 2. The maximum Gasteiger partial charge on any atom is 0.326 e. The lowest BCUT2D eigenvalue weighted by atomic mass is 10.0. The molecular formula is C31H49N3O9S. The van der Waals surface area contributed by atoms with E-state index in [2.05, 4.69) is 12.2 Å². The number of methoxy groups -OCH3 is 1. The standard InChI is InChI=1S/C30H45N3O8S.CH4O/c1-3-4-5-7-23(17-22(35)12-9-20-10-13-26(36)27(16-20)41-2)42-19-24(32-28(37)14-11-21(31)18-34)29(38)33-15-6-8-25(33)30(39)40;1-2/h10,13,16,18,21,23-25,36H,3-9,11-12,14-15,17,19,31H2,1-2H3,(H,32,37)(H,39,40);2H,1H3. The normalized spacial score (nSPS) is 16.2. The van der Waals surface area contributed by atoms with Gasteiger partial charge >= 0.3 is 5.97 Å². The number of hydrogen-bond acceptors (Lipinski definition) is 10. The summed E-state index contributed by atoms with van der Waals surface area (Å²) in [5.41, 5.74) is 6.48. The molecule has 0 spiro atoms. The van der Waals surface area contributed by atoms with Gasteiger partial charge in [0.1, 0.15) is 24.2 Å². The van der Waals surface area contributed by atoms with Crippen LogP contribution in [0.1, 0.15) is 76.7 Å². The number of phenols is 1. The van der Waals surface area contributed by atoms with Crippen molar-refractivity contribution in [1.29, 1.82) is 0 Å². The Hall–Kier alpha value is -3.16. The summed E-state index contributed by atoms with van der Waals surface area (Å²) in [6.07, 6.45) is 6.36. The fourth-order valence-corrected chi connectivity index (χ4v) is 6.24. The number of nitrogens with one attached hydrogen (secondary N) is 1. The van der Waals surface area contributed by atoms with Gasteiger partial charge in [0.2, 0.25) is 11.8 Å². The van der Waals surface area contributed by atoms with Crippen LogP contribution in [0.4, 0.5) is 0 Å². The quantitative estimate of drug-likeness (QED) is 0.104. The number of carbonyl (C=O) groups is 5. The van der Waals surface area contributed by atoms with Gasteiger partial charge in [0, 0.05) is 43.9 Å². The molecule has 2 amide bonds. The van der Waals surface area contributed by atoms with Crippen LogP contribution in [0.15, 0.2) is 18.2 Å². The number of nitrogens with two attached hydrogens (primary N) is 1. The van der Waals surface area contributed by atoms with E-state index in [1.165, 1.54) is 29.8 Å². The van der Waals surface area contributed by atoms with Gasteiger partial charge in [0.05, 0.1) is 13.2 Å². The highest BCUT2D eigenvalue weighted by Gasteiger charge is 2.38. The van der Waals surface area contributed by atoms with Gasteiger partial charge in [-0.05, 0) is 49.8 Å². The Labute approximate surface area is 264 Å². The number of aromatic hydroxyl groups is 1. The van der Waals surface area contributed by atoms with Crippen LogP contribution in [0.5, 0.6) is 11.5 Å². The van der Waals surface area contributed by atoms with E-state index in [-0.39, 0.29) is 35.4 Å². The number of aldehydes is 1. The number of aliphatic hydroxyl groups excluding tert-OH is 1. The largest absolute Gasteiger partial charge is 0.504 e. The highest BCUT2D eigenvalue weighted by atomic mass is 32.2. The Morgan fingerprint density at radius 2 is 1.91 bits per heavy atom. The van der Waals surface area contributed by atoms with Crippen molar-refractivity contribution in [2.45, 2.75) is 101 Å². The zero-order chi connectivity index (χ0) is 33.1. The van der Waals surface area contributed by atoms with Crippen molar-refractivity contribution in [2.24, 2.45) is 5.73 Å². The van der Waals surface area contributed by atoms with Crippen molar-refractivity contribution in [3.05, 3.63) is 23.8 Å². The average molecular weight is 640 g/mol. The molecular weight excluding hydrogens is 590 g/mol. The van der Waals surface area contributed by atoms with Gasteiger partial charge in [-0.25, -0.2) is 4.79 Å². The maximum atomic E-state index is 13.5. The first-order valence-corrected chi connectivity index (χ1v) is 16.1. The van der Waals surface area contributed by atoms with E-state index in [0.717, 1.165) is 38.4 Å². The summed E-state index contributed by atoms with van der Waals surface area (Å²) in [5, 5.41) is 29.1. The lowest BCUT2D eigenvalue weighted by Gasteiger charge is -2.28. The zero-order valence-electron chi connectivity index (χ0n) is 26.0. The minimum Gasteiger partial charge on any atom is -0.504 e. The molecule has 1 aromatic carbocycles. The predicted octanol–water partition coefficient (Wildman–Crippen LogP) is 2.45. The van der Waals surface area contributed by atoms with Crippen LogP contribution in [0, 0.1) is 0 Å². The SMILES string of the molecule is CCCCCC(CC(=O)CCc1ccc(O)c(OC)c1)SCC(NC(=O)CCC(N)C=O)C(=O)N1CCCC1C(=O)O.CO. The minimum absolute atomic E-state index is 0.0337. The van der Waals surface area contributed by atoms with Crippen molar-refractivity contribution in [1.82, 2.24) is 10.2 Å². The molecule has 1 aliphatic rings. The molecule has 0 aromatic heterocycles. The molecule has 248 valence electrons. The maximum absolute atomic E-state index is 13.5. The number of benzene rings is 1. The number of carbonyl (C=O) groups excluding carboxylic acids is 4. The summed E-state index contributed by atoms with van der Waals surface area (Å²) in [6.45, 7) is 2.39. The molecule has 0 bridgehead atoms. The van der Waals surface area contributed by atoms with Gasteiger partial charge in [-0.2, -0.15) is 11.8 Å². The molecule has 0 aliphatic carbocycles. The number of aliphatic carboxylic acids is 1. The summed E-state index contributed by atoms with van der Waals surface area (Å²) >= 11 is 1.44. The molecule has 4 atom stereocenters. The molecule has 1 aromatic rings. The molecule has 1 saturated heterocycles. The number of likely N-dealkylation sites (tertiary alicyclic amines) is 1. The molecule has 44 heavy (non-hydrogen) atoms. The Balaban J connectivity index is 0.00000474. The van der Waals surface area contributed by atoms with Gasteiger partial charge in [-0.15, -0.1) is 0 Å². The number of carboxylic acids is 1. The highest BCUT2D eigenvalue weighted by Crippen LogP contribution is 2.28. The number of ketones is 1. The van der Waals surface area contributed by atoms with Crippen LogP contribution in [0.25, 0.3) is 0 Å². The number of nitrogens with zero attached hydrogens (tertiary/aromatic N) is 1. The van der Waals surface area contributed by atoms with Crippen molar-refractivity contribution in [2.75, 3.05) is 26.5 Å². The van der Waals surface area contributed by atoms with Gasteiger partial charge < -0.3 is 40.8 Å². The molecule has 13 heteroatoms. The number of phenolic OH excluding ortho intramolecular Hbond substituents is 1. The second kappa shape index (κ2) is 21.5. The third-order valence-corrected chi connectivity index (χ3v) is 8.75. The molecule has 0 saturated carbocycles. The summed E-state index contributed by atoms with van der Waals surface area (Å²) in [5.74, 6) is -1.35. The number of thioether (sulfide) groups is 1. The molecule has 0 radical (unpaired) electrons. The van der Waals surface area contributed by atoms with E-state index in [1.54, 1.807) is 12.1 Å². The van der Waals surface area contributed by atoms with Gasteiger partial charge in [-0.3, -0.25) is 14.4 Å². The number of aliphatic hydroxyl groups is 1. The summed E-state index contributed by atoms with van der Waals surface area (Å²) < 4.78 is 5.15. The van der Waals surface area contributed by atoms with Gasteiger partial charge in [0.25, 0.3) is 0 Å². The lowest BCUT2D eigenvalue weighted by Crippen LogP contribution is -2.53. The van der Waals surface area contributed by atoms with Crippen LogP contribution in [-0.2, 0) is 30.4 Å². The van der Waals surface area contributed by atoms with Crippen molar-refractivity contribution >= 4 is 41.6 Å². The third kappa shape index (κ3) is 13.6. The van der Waals surface area contributed by atoms with Crippen LogP contribution in [0.2, 0.25) is 0 Å². The van der Waals surface area contributed by atoms with Crippen LogP contribution < -0.4 is 15.8 Å². The molecule has 2 rings (SSSR count). The fraction of sp³-hybridized carbons (Fsp3) is 0.645. The summed E-state index contributed by atoms with van der Waals surface area (Å²) in [6, 6.07) is 2.30. The van der Waals surface area contributed by atoms with Gasteiger partial charge in [-0.1, -0.05) is 32.3 Å². The fourth-order valence-electron chi connectivity index (χ4n) is 4.91.